The molecule has 3 aromatic heterocycles. The lowest BCUT2D eigenvalue weighted by atomic mass is 10.1. The largest absolute Gasteiger partial charge is 0.423 e. The number of rotatable bonds is 4. The Hall–Kier alpha value is -2.52. The van der Waals surface area contributed by atoms with E-state index in [0.717, 1.165) is 17.8 Å². The Morgan fingerprint density at radius 3 is 2.69 bits per heavy atom. The highest BCUT2D eigenvalue weighted by atomic mass is 35.5. The lowest BCUT2D eigenvalue weighted by Gasteiger charge is -2.09. The van der Waals surface area contributed by atoms with E-state index in [4.69, 9.17) is 16.0 Å². The second-order valence-electron chi connectivity index (χ2n) is 6.30. The number of aromatic nitrogens is 3. The second-order valence-corrected chi connectivity index (χ2v) is 7.65. The number of halogens is 4. The van der Waals surface area contributed by atoms with Gasteiger partial charge in [0.25, 0.3) is 0 Å². The Labute approximate surface area is 171 Å². The molecule has 29 heavy (non-hydrogen) atoms. The van der Waals surface area contributed by atoms with E-state index in [-0.39, 0.29) is 10.9 Å². The minimum atomic E-state index is -4.47. The van der Waals surface area contributed by atoms with Crippen molar-refractivity contribution >= 4 is 40.0 Å². The molecule has 0 atom stereocenters. The van der Waals surface area contributed by atoms with Crippen LogP contribution in [0.25, 0.3) is 16.6 Å². The fourth-order valence-corrected chi connectivity index (χ4v) is 4.16. The summed E-state index contributed by atoms with van der Waals surface area (Å²) in [4.78, 5) is 12.0. The molecule has 1 aromatic carbocycles. The minimum Gasteiger partial charge on any atom is -0.423 e. The Balaban J connectivity index is 1.71. The van der Waals surface area contributed by atoms with Gasteiger partial charge >= 0.3 is 11.8 Å². The van der Waals surface area contributed by atoms with Crippen molar-refractivity contribution in [1.29, 1.82) is 0 Å². The molecule has 0 fully saturated rings. The molecule has 3 heterocycles. The first kappa shape index (κ1) is 19.8. The van der Waals surface area contributed by atoms with E-state index in [2.05, 4.69) is 10.2 Å². The number of benzene rings is 1. The molecule has 4 rings (SSSR count). The quantitative estimate of drug-likeness (QED) is 0.316. The lowest BCUT2D eigenvalue weighted by molar-refractivity contribution is -0.137. The Kier molecular flexibility index (Phi) is 5.04. The number of nitrogens with zero attached hydrogens (tertiary/aromatic N) is 3. The zero-order chi connectivity index (χ0) is 20.8. The third kappa shape index (κ3) is 3.84. The van der Waals surface area contributed by atoms with E-state index in [1.54, 1.807) is 12.1 Å². The lowest BCUT2D eigenvalue weighted by Crippen LogP contribution is -2.06. The van der Waals surface area contributed by atoms with Crippen molar-refractivity contribution in [1.82, 2.24) is 14.6 Å². The van der Waals surface area contributed by atoms with Gasteiger partial charge in [-0.15, -0.1) is 10.2 Å². The maximum Gasteiger partial charge on any atom is 0.417 e. The molecule has 0 bridgehead atoms. The van der Waals surface area contributed by atoms with Crippen LogP contribution in [0, 0.1) is 0 Å². The minimum absolute atomic E-state index is 0.279. The average molecular weight is 440 g/mol. The van der Waals surface area contributed by atoms with Gasteiger partial charge in [0.15, 0.2) is 10.8 Å². The number of pyridine rings is 1. The molecular weight excluding hydrogens is 427 g/mol. The molecule has 0 aliphatic heterocycles. The van der Waals surface area contributed by atoms with Crippen LogP contribution in [0.2, 0.25) is 5.02 Å². The summed E-state index contributed by atoms with van der Waals surface area (Å²) in [6, 6.07) is 7.04. The summed E-state index contributed by atoms with van der Waals surface area (Å²) in [5, 5.41) is 9.37. The molecule has 10 heteroatoms. The molecule has 0 radical (unpaired) electrons. The van der Waals surface area contributed by atoms with Gasteiger partial charge in [0.05, 0.1) is 5.56 Å². The van der Waals surface area contributed by atoms with Gasteiger partial charge in [-0.25, -0.2) is 4.79 Å². The highest BCUT2D eigenvalue weighted by molar-refractivity contribution is 7.98. The average Bonchev–Trinajstić information content (AvgIpc) is 3.07. The standard InChI is InChI=1S/C19H13ClF3N3O2S/c1-2-10-5-15-13(7-14(10)20)11(6-17(27)28-15)9-29-18-25-24-16-4-3-12(8-26(16)18)19(21,22)23/h3-8H,2,9H2,1H3. The molecule has 0 spiro atoms. The summed E-state index contributed by atoms with van der Waals surface area (Å²) in [6.07, 6.45) is -2.83. The SMILES string of the molecule is CCc1cc2oc(=O)cc(CSc3nnc4ccc(C(F)(F)F)cn34)c2cc1Cl. The van der Waals surface area contributed by atoms with Crippen LogP contribution in [0.5, 0.6) is 0 Å². The van der Waals surface area contributed by atoms with E-state index in [0.29, 0.717) is 33.6 Å². The van der Waals surface area contributed by atoms with Crippen LogP contribution < -0.4 is 5.63 Å². The van der Waals surface area contributed by atoms with Crippen LogP contribution in [-0.4, -0.2) is 14.6 Å². The van der Waals surface area contributed by atoms with Crippen molar-refractivity contribution in [3.8, 4) is 0 Å². The third-order valence-corrected chi connectivity index (χ3v) is 5.78. The smallest absolute Gasteiger partial charge is 0.417 e. The zero-order valence-electron chi connectivity index (χ0n) is 15.0. The van der Waals surface area contributed by atoms with E-state index < -0.39 is 17.4 Å². The van der Waals surface area contributed by atoms with Crippen LogP contribution in [0.4, 0.5) is 13.2 Å². The van der Waals surface area contributed by atoms with Gasteiger partial charge in [-0.05, 0) is 41.8 Å². The molecule has 0 saturated carbocycles. The molecular formula is C19H13ClF3N3O2S. The van der Waals surface area contributed by atoms with Gasteiger partial charge in [0.2, 0.25) is 0 Å². The van der Waals surface area contributed by atoms with E-state index in [9.17, 15) is 18.0 Å². The molecule has 4 aromatic rings. The molecule has 5 nitrogen and oxygen atoms in total. The van der Waals surface area contributed by atoms with Crippen molar-refractivity contribution in [2.75, 3.05) is 0 Å². The fraction of sp³-hybridized carbons (Fsp3) is 0.211. The number of hydrogen-bond acceptors (Lipinski definition) is 5. The number of aryl methyl sites for hydroxylation is 1. The summed E-state index contributed by atoms with van der Waals surface area (Å²) < 4.78 is 45.6. The molecule has 0 saturated heterocycles. The van der Waals surface area contributed by atoms with Crippen LogP contribution in [0.1, 0.15) is 23.6 Å². The normalized spacial score (nSPS) is 12.2. The van der Waals surface area contributed by atoms with Crippen molar-refractivity contribution in [2.45, 2.75) is 30.4 Å². The Bertz CT molecular complexity index is 1280. The maximum absolute atomic E-state index is 13.0. The van der Waals surface area contributed by atoms with E-state index in [1.807, 2.05) is 6.92 Å². The van der Waals surface area contributed by atoms with Gasteiger partial charge < -0.3 is 4.42 Å². The van der Waals surface area contributed by atoms with Gasteiger partial charge in [-0.3, -0.25) is 4.40 Å². The molecule has 0 aliphatic rings. The van der Waals surface area contributed by atoms with Gasteiger partial charge in [-0.1, -0.05) is 30.3 Å². The predicted molar refractivity (Wildman–Crippen MR) is 104 cm³/mol. The summed E-state index contributed by atoms with van der Waals surface area (Å²) in [5.41, 5.74) is 0.914. The zero-order valence-corrected chi connectivity index (χ0v) is 16.5. The number of fused-ring (bicyclic) bond motifs is 2. The first-order valence-corrected chi connectivity index (χ1v) is 9.92. The highest BCUT2D eigenvalue weighted by Crippen LogP contribution is 2.32. The van der Waals surface area contributed by atoms with Crippen molar-refractivity contribution in [3.63, 3.8) is 0 Å². The molecule has 150 valence electrons. The van der Waals surface area contributed by atoms with Crippen LogP contribution in [0.15, 0.2) is 50.9 Å². The predicted octanol–water partition coefficient (Wildman–Crippen LogP) is 5.36. The molecule has 0 unspecified atom stereocenters. The van der Waals surface area contributed by atoms with Gasteiger partial charge in [-0.2, -0.15) is 13.2 Å². The van der Waals surface area contributed by atoms with Crippen molar-refractivity contribution in [2.24, 2.45) is 0 Å². The molecule has 0 aliphatic carbocycles. The van der Waals surface area contributed by atoms with Crippen LogP contribution in [0.3, 0.4) is 0 Å². The Morgan fingerprint density at radius 2 is 1.97 bits per heavy atom. The molecule has 0 amide bonds. The summed E-state index contributed by atoms with van der Waals surface area (Å²) >= 11 is 7.46. The summed E-state index contributed by atoms with van der Waals surface area (Å²) in [7, 11) is 0. The summed E-state index contributed by atoms with van der Waals surface area (Å²) in [5.74, 6) is 0.279. The van der Waals surface area contributed by atoms with E-state index in [1.165, 1.54) is 28.3 Å². The number of thioether (sulfide) groups is 1. The number of alkyl halides is 3. The Morgan fingerprint density at radius 1 is 1.17 bits per heavy atom. The van der Waals surface area contributed by atoms with Crippen molar-refractivity contribution < 1.29 is 17.6 Å². The van der Waals surface area contributed by atoms with Crippen LogP contribution in [-0.2, 0) is 18.3 Å². The topological polar surface area (TPSA) is 60.4 Å². The monoisotopic (exact) mass is 439 g/mol. The van der Waals surface area contributed by atoms with Crippen molar-refractivity contribution in [3.05, 3.63) is 68.7 Å². The highest BCUT2D eigenvalue weighted by Gasteiger charge is 2.31. The van der Waals surface area contributed by atoms with Crippen LogP contribution >= 0.6 is 23.4 Å². The first-order chi connectivity index (χ1) is 13.8. The summed E-state index contributed by atoms with van der Waals surface area (Å²) in [6.45, 7) is 1.94. The maximum atomic E-state index is 13.0. The number of hydrogen-bond donors (Lipinski definition) is 0. The fourth-order valence-electron chi connectivity index (χ4n) is 2.96. The first-order valence-electron chi connectivity index (χ1n) is 8.56. The third-order valence-electron chi connectivity index (χ3n) is 4.43. The van der Waals surface area contributed by atoms with Gasteiger partial charge in [0.1, 0.15) is 5.58 Å². The molecule has 0 N–H and O–H groups in total. The van der Waals surface area contributed by atoms with Gasteiger partial charge in [0, 0.05) is 28.4 Å². The second kappa shape index (κ2) is 7.38. The van der Waals surface area contributed by atoms with E-state index >= 15 is 0 Å².